The smallest absolute Gasteiger partial charge is 0.350 e. The molecular weight excluding hydrogens is 273 g/mol. The second-order valence-electron chi connectivity index (χ2n) is 3.62. The first-order valence-corrected chi connectivity index (χ1v) is 5.57. The van der Waals surface area contributed by atoms with E-state index in [1.165, 1.54) is 12.1 Å². The molecule has 0 saturated heterocycles. The summed E-state index contributed by atoms with van der Waals surface area (Å²) in [6.07, 6.45) is -4.47. The Labute approximate surface area is 113 Å². The number of carbonyl (C=O) groups excluding carboxylic acids is 1. The Bertz CT molecular complexity index is 561. The lowest BCUT2D eigenvalue weighted by Gasteiger charge is -2.08. The SMILES string of the molecule is CCNC(=O)C(C#N)=NNc1cccc(C(F)(F)F)c1. The topological polar surface area (TPSA) is 77.3 Å². The van der Waals surface area contributed by atoms with Crippen LogP contribution in [0, 0.1) is 11.3 Å². The molecule has 0 unspecified atom stereocenters. The molecule has 1 rings (SSSR count). The van der Waals surface area contributed by atoms with Gasteiger partial charge in [0.25, 0.3) is 5.91 Å². The summed E-state index contributed by atoms with van der Waals surface area (Å²) in [6, 6.07) is 5.82. The van der Waals surface area contributed by atoms with E-state index >= 15 is 0 Å². The molecule has 1 amide bonds. The molecular formula is C12H11F3N4O. The van der Waals surface area contributed by atoms with E-state index in [9.17, 15) is 18.0 Å². The number of hydrogen-bond donors (Lipinski definition) is 2. The molecule has 1 aromatic rings. The van der Waals surface area contributed by atoms with Gasteiger partial charge < -0.3 is 5.32 Å². The first kappa shape index (κ1) is 15.5. The number of carbonyl (C=O) groups is 1. The molecule has 106 valence electrons. The van der Waals surface area contributed by atoms with Gasteiger partial charge in [0.15, 0.2) is 0 Å². The lowest BCUT2D eigenvalue weighted by molar-refractivity contribution is -0.137. The summed E-state index contributed by atoms with van der Waals surface area (Å²) in [7, 11) is 0. The zero-order chi connectivity index (χ0) is 15.2. The van der Waals surface area contributed by atoms with Gasteiger partial charge in [-0.1, -0.05) is 6.07 Å². The quantitative estimate of drug-likeness (QED) is 0.657. The van der Waals surface area contributed by atoms with Gasteiger partial charge in [-0.05, 0) is 25.1 Å². The summed E-state index contributed by atoms with van der Waals surface area (Å²) in [5, 5.41) is 14.6. The number of benzene rings is 1. The molecule has 5 nitrogen and oxygen atoms in total. The molecule has 0 spiro atoms. The maximum absolute atomic E-state index is 12.5. The summed E-state index contributed by atoms with van der Waals surface area (Å²) in [5.74, 6) is -0.700. The summed E-state index contributed by atoms with van der Waals surface area (Å²) in [6.45, 7) is 1.97. The van der Waals surface area contributed by atoms with Gasteiger partial charge in [-0.3, -0.25) is 10.2 Å². The van der Waals surface area contributed by atoms with Crippen molar-refractivity contribution in [2.45, 2.75) is 13.1 Å². The van der Waals surface area contributed by atoms with Crippen molar-refractivity contribution in [3.05, 3.63) is 29.8 Å². The van der Waals surface area contributed by atoms with Crippen LogP contribution in [0.5, 0.6) is 0 Å². The molecule has 0 fully saturated rings. The summed E-state index contributed by atoms with van der Waals surface area (Å²) in [5.41, 5.74) is 0.956. The Balaban J connectivity index is 2.89. The highest BCUT2D eigenvalue weighted by atomic mass is 19.4. The maximum atomic E-state index is 12.5. The molecule has 0 bridgehead atoms. The first-order chi connectivity index (χ1) is 9.38. The summed E-state index contributed by atoms with van der Waals surface area (Å²) in [4.78, 5) is 11.3. The van der Waals surface area contributed by atoms with Crippen molar-refractivity contribution in [3.8, 4) is 6.07 Å². The van der Waals surface area contributed by atoms with Gasteiger partial charge in [0, 0.05) is 6.54 Å². The fourth-order valence-electron chi connectivity index (χ4n) is 1.26. The van der Waals surface area contributed by atoms with Gasteiger partial charge in [0.05, 0.1) is 11.3 Å². The van der Waals surface area contributed by atoms with Crippen molar-refractivity contribution in [1.29, 1.82) is 5.26 Å². The van der Waals surface area contributed by atoms with Gasteiger partial charge in [-0.2, -0.15) is 23.5 Å². The molecule has 0 aliphatic rings. The fraction of sp³-hybridized carbons (Fsp3) is 0.250. The second kappa shape index (κ2) is 6.56. The molecule has 20 heavy (non-hydrogen) atoms. The third-order valence-corrected chi connectivity index (χ3v) is 2.15. The Morgan fingerprint density at radius 3 is 2.70 bits per heavy atom. The van der Waals surface area contributed by atoms with Crippen molar-refractivity contribution in [3.63, 3.8) is 0 Å². The Morgan fingerprint density at radius 2 is 2.15 bits per heavy atom. The average Bonchev–Trinajstić information content (AvgIpc) is 2.39. The number of nitrogens with zero attached hydrogens (tertiary/aromatic N) is 2. The summed E-state index contributed by atoms with van der Waals surface area (Å²) < 4.78 is 37.4. The number of rotatable bonds is 4. The molecule has 0 heterocycles. The molecule has 8 heteroatoms. The molecule has 0 radical (unpaired) electrons. The lowest BCUT2D eigenvalue weighted by atomic mass is 10.2. The van der Waals surface area contributed by atoms with E-state index in [2.05, 4.69) is 15.8 Å². The van der Waals surface area contributed by atoms with E-state index in [1.807, 2.05) is 0 Å². The summed E-state index contributed by atoms with van der Waals surface area (Å²) >= 11 is 0. The Hall–Kier alpha value is -2.56. The Morgan fingerprint density at radius 1 is 1.45 bits per heavy atom. The third-order valence-electron chi connectivity index (χ3n) is 2.15. The van der Waals surface area contributed by atoms with Crippen molar-refractivity contribution >= 4 is 17.3 Å². The maximum Gasteiger partial charge on any atom is 0.416 e. The molecule has 0 saturated carbocycles. The van der Waals surface area contributed by atoms with E-state index in [0.29, 0.717) is 6.54 Å². The first-order valence-electron chi connectivity index (χ1n) is 5.57. The second-order valence-corrected chi connectivity index (χ2v) is 3.62. The van der Waals surface area contributed by atoms with Crippen LogP contribution in [0.15, 0.2) is 29.4 Å². The highest BCUT2D eigenvalue weighted by Gasteiger charge is 2.30. The average molecular weight is 284 g/mol. The third kappa shape index (κ3) is 4.28. The molecule has 1 aromatic carbocycles. The minimum atomic E-state index is -4.47. The van der Waals surface area contributed by atoms with E-state index < -0.39 is 23.4 Å². The van der Waals surface area contributed by atoms with Crippen LogP contribution in [-0.2, 0) is 11.0 Å². The van der Waals surface area contributed by atoms with E-state index in [1.54, 1.807) is 13.0 Å². The number of hydrazone groups is 1. The number of halogens is 3. The Kier molecular flexibility index (Phi) is 5.08. The largest absolute Gasteiger partial charge is 0.416 e. The van der Waals surface area contributed by atoms with Crippen LogP contribution < -0.4 is 10.7 Å². The van der Waals surface area contributed by atoms with Gasteiger partial charge in [-0.25, -0.2) is 0 Å². The van der Waals surface area contributed by atoms with Crippen molar-refractivity contribution in [2.24, 2.45) is 5.10 Å². The predicted molar refractivity (Wildman–Crippen MR) is 66.8 cm³/mol. The van der Waals surface area contributed by atoms with Crippen LogP contribution in [-0.4, -0.2) is 18.2 Å². The molecule has 2 N–H and O–H groups in total. The number of hydrogen-bond acceptors (Lipinski definition) is 4. The molecule has 0 atom stereocenters. The number of nitriles is 1. The minimum Gasteiger partial charge on any atom is -0.350 e. The van der Waals surface area contributed by atoms with Crippen LogP contribution in [0.25, 0.3) is 0 Å². The van der Waals surface area contributed by atoms with Gasteiger partial charge in [0.1, 0.15) is 6.07 Å². The van der Waals surface area contributed by atoms with Crippen LogP contribution in [0.2, 0.25) is 0 Å². The van der Waals surface area contributed by atoms with Crippen LogP contribution >= 0.6 is 0 Å². The zero-order valence-corrected chi connectivity index (χ0v) is 10.5. The standard InChI is InChI=1S/C12H11F3N4O/c1-2-17-11(20)10(7-16)19-18-9-5-3-4-8(6-9)12(13,14)15/h3-6,18H,2H2,1H3,(H,17,20). The highest BCUT2D eigenvalue weighted by molar-refractivity contribution is 6.45. The van der Waals surface area contributed by atoms with Crippen LogP contribution in [0.3, 0.4) is 0 Å². The van der Waals surface area contributed by atoms with Crippen LogP contribution in [0.1, 0.15) is 12.5 Å². The minimum absolute atomic E-state index is 0.0249. The normalized spacial score (nSPS) is 11.7. The van der Waals surface area contributed by atoms with Gasteiger partial charge in [0.2, 0.25) is 5.71 Å². The number of alkyl halides is 3. The molecule has 0 aromatic heterocycles. The molecule has 0 aliphatic heterocycles. The van der Waals surface area contributed by atoms with Gasteiger partial charge in [-0.15, -0.1) is 0 Å². The lowest BCUT2D eigenvalue weighted by Crippen LogP contribution is -2.30. The van der Waals surface area contributed by atoms with Crippen molar-refractivity contribution in [1.82, 2.24) is 5.32 Å². The predicted octanol–water partition coefficient (Wildman–Crippen LogP) is 2.13. The van der Waals surface area contributed by atoms with Crippen LogP contribution in [0.4, 0.5) is 18.9 Å². The zero-order valence-electron chi connectivity index (χ0n) is 10.5. The number of nitrogens with one attached hydrogen (secondary N) is 2. The monoisotopic (exact) mass is 284 g/mol. The van der Waals surface area contributed by atoms with E-state index in [0.717, 1.165) is 12.1 Å². The van der Waals surface area contributed by atoms with E-state index in [4.69, 9.17) is 5.26 Å². The van der Waals surface area contributed by atoms with Crippen molar-refractivity contribution in [2.75, 3.05) is 12.0 Å². The number of amides is 1. The highest BCUT2D eigenvalue weighted by Crippen LogP contribution is 2.30. The fourth-order valence-corrected chi connectivity index (χ4v) is 1.26. The van der Waals surface area contributed by atoms with E-state index in [-0.39, 0.29) is 5.69 Å². The molecule has 0 aliphatic carbocycles. The van der Waals surface area contributed by atoms with Crippen molar-refractivity contribution < 1.29 is 18.0 Å². The number of anilines is 1. The van der Waals surface area contributed by atoms with Gasteiger partial charge >= 0.3 is 6.18 Å².